The average molecular weight is 463 g/mol. The zero-order valence-electron chi connectivity index (χ0n) is 19.7. The number of fused-ring (bicyclic) bond motifs is 1. The van der Waals surface area contributed by atoms with Crippen molar-refractivity contribution in [2.75, 3.05) is 44.7 Å². The van der Waals surface area contributed by atoms with E-state index < -0.39 is 11.6 Å². The van der Waals surface area contributed by atoms with E-state index in [0.717, 1.165) is 41.2 Å². The van der Waals surface area contributed by atoms with Crippen LogP contribution in [-0.2, 0) is 28.0 Å². The largest absolute Gasteiger partial charge is 0.495 e. The lowest BCUT2D eigenvalue weighted by Gasteiger charge is -2.37. The minimum Gasteiger partial charge on any atom is -0.495 e. The molecule has 2 heterocycles. The Kier molecular flexibility index (Phi) is 5.67. The number of hydrogen-bond donors (Lipinski definition) is 1. The predicted octanol–water partition coefficient (Wildman–Crippen LogP) is 2.30. The Morgan fingerprint density at radius 2 is 1.76 bits per heavy atom. The summed E-state index contributed by atoms with van der Waals surface area (Å²) in [6.45, 7) is 3.81. The Bertz CT molecular complexity index is 1140. The second kappa shape index (κ2) is 8.66. The van der Waals surface area contributed by atoms with Gasteiger partial charge in [0.2, 0.25) is 5.91 Å². The van der Waals surface area contributed by atoms with Crippen molar-refractivity contribution in [2.45, 2.75) is 31.7 Å². The molecule has 3 aliphatic rings. The summed E-state index contributed by atoms with van der Waals surface area (Å²) in [6.07, 6.45) is 3.16. The molecule has 1 aliphatic carbocycles. The van der Waals surface area contributed by atoms with Gasteiger partial charge in [-0.05, 0) is 55.0 Å². The number of benzene rings is 2. The summed E-state index contributed by atoms with van der Waals surface area (Å²) in [6, 6.07) is 13.3. The van der Waals surface area contributed by atoms with Crippen LogP contribution in [0, 0.1) is 0 Å². The zero-order valence-corrected chi connectivity index (χ0v) is 19.7. The van der Waals surface area contributed by atoms with Gasteiger partial charge in [-0.2, -0.15) is 0 Å². The van der Waals surface area contributed by atoms with Crippen LogP contribution < -0.4 is 15.0 Å². The highest BCUT2D eigenvalue weighted by Crippen LogP contribution is 2.33. The van der Waals surface area contributed by atoms with Crippen LogP contribution in [0.3, 0.4) is 0 Å². The van der Waals surface area contributed by atoms with E-state index in [4.69, 9.17) is 4.74 Å². The monoisotopic (exact) mass is 462 g/mol. The second-order valence-electron chi connectivity index (χ2n) is 9.32. The molecule has 2 aromatic carbocycles. The molecular formula is C26H30N4O4. The van der Waals surface area contributed by atoms with E-state index in [0.29, 0.717) is 26.2 Å². The van der Waals surface area contributed by atoms with Crippen molar-refractivity contribution < 1.29 is 19.1 Å². The first kappa shape index (κ1) is 22.3. The molecule has 8 heteroatoms. The third-order valence-corrected chi connectivity index (χ3v) is 7.30. The van der Waals surface area contributed by atoms with Gasteiger partial charge in [-0.15, -0.1) is 0 Å². The number of methoxy groups -OCH3 is 1. The predicted molar refractivity (Wildman–Crippen MR) is 128 cm³/mol. The van der Waals surface area contributed by atoms with Gasteiger partial charge in [-0.1, -0.05) is 30.3 Å². The normalized spacial score (nSPS) is 22.1. The first-order valence-electron chi connectivity index (χ1n) is 11.8. The van der Waals surface area contributed by atoms with Gasteiger partial charge in [0, 0.05) is 26.2 Å². The minimum atomic E-state index is -1.16. The number of imide groups is 1. The zero-order chi connectivity index (χ0) is 23.9. The summed E-state index contributed by atoms with van der Waals surface area (Å²) in [5.74, 6) is 0.199. The van der Waals surface area contributed by atoms with Crippen molar-refractivity contribution >= 4 is 23.5 Å². The van der Waals surface area contributed by atoms with Crippen LogP contribution in [0.4, 0.5) is 10.5 Å². The van der Waals surface area contributed by atoms with E-state index in [2.05, 4.69) is 16.3 Å². The smallest absolute Gasteiger partial charge is 0.325 e. The fourth-order valence-electron chi connectivity index (χ4n) is 5.24. The lowest BCUT2D eigenvalue weighted by molar-refractivity contribution is -0.139. The van der Waals surface area contributed by atoms with E-state index in [-0.39, 0.29) is 18.4 Å². The molecule has 0 unspecified atom stereocenters. The van der Waals surface area contributed by atoms with Gasteiger partial charge in [0.05, 0.1) is 12.8 Å². The number of urea groups is 1. The molecule has 2 fully saturated rings. The summed E-state index contributed by atoms with van der Waals surface area (Å²) in [4.78, 5) is 44.0. The van der Waals surface area contributed by atoms with Crippen LogP contribution in [0.5, 0.6) is 5.75 Å². The van der Waals surface area contributed by atoms with E-state index in [9.17, 15) is 14.4 Å². The number of anilines is 1. The number of carbonyl (C=O) groups is 3. The average Bonchev–Trinajstić information content (AvgIpc) is 3.42. The summed E-state index contributed by atoms with van der Waals surface area (Å²) >= 11 is 0. The highest BCUT2D eigenvalue weighted by Gasteiger charge is 2.50. The standard InChI is InChI=1S/C26H30N4O4/c1-26(20-11-10-18-6-5-7-19(18)16-20)24(32)30(25(33)27-26)17-23(31)29-14-12-28(13-15-29)21-8-3-4-9-22(21)34-2/h3-4,8-11,16H,5-7,12-15,17H2,1-2H3,(H,27,33)/t26-/m1/s1. The van der Waals surface area contributed by atoms with E-state index in [1.165, 1.54) is 11.1 Å². The highest BCUT2D eigenvalue weighted by atomic mass is 16.5. The van der Waals surface area contributed by atoms with Crippen molar-refractivity contribution in [3.63, 3.8) is 0 Å². The number of piperazine rings is 1. The Morgan fingerprint density at radius 1 is 1.03 bits per heavy atom. The molecule has 2 aliphatic heterocycles. The second-order valence-corrected chi connectivity index (χ2v) is 9.32. The van der Waals surface area contributed by atoms with Gasteiger partial charge >= 0.3 is 6.03 Å². The van der Waals surface area contributed by atoms with Gasteiger partial charge in [-0.3, -0.25) is 14.5 Å². The number of amides is 4. The van der Waals surface area contributed by atoms with Crippen LogP contribution in [0.15, 0.2) is 42.5 Å². The van der Waals surface area contributed by atoms with E-state index in [1.54, 1.807) is 18.9 Å². The number of hydrogen-bond acceptors (Lipinski definition) is 5. The molecule has 0 radical (unpaired) electrons. The summed E-state index contributed by atoms with van der Waals surface area (Å²) in [5, 5.41) is 2.83. The molecule has 2 saturated heterocycles. The number of rotatable bonds is 5. The van der Waals surface area contributed by atoms with Crippen molar-refractivity contribution in [3.8, 4) is 5.75 Å². The molecule has 2 aromatic rings. The first-order chi connectivity index (χ1) is 16.4. The Hall–Kier alpha value is -3.55. The van der Waals surface area contributed by atoms with E-state index >= 15 is 0 Å². The van der Waals surface area contributed by atoms with Crippen molar-refractivity contribution in [1.82, 2.24) is 15.1 Å². The number of para-hydroxylation sites is 2. The van der Waals surface area contributed by atoms with Crippen molar-refractivity contribution in [1.29, 1.82) is 0 Å². The fourth-order valence-corrected chi connectivity index (χ4v) is 5.24. The fraction of sp³-hybridized carbons (Fsp3) is 0.423. The molecule has 5 rings (SSSR count). The maximum Gasteiger partial charge on any atom is 0.325 e. The molecule has 34 heavy (non-hydrogen) atoms. The summed E-state index contributed by atoms with van der Waals surface area (Å²) in [5.41, 5.74) is 3.16. The molecule has 0 aromatic heterocycles. The van der Waals surface area contributed by atoms with Gasteiger partial charge in [0.25, 0.3) is 5.91 Å². The van der Waals surface area contributed by atoms with Crippen molar-refractivity contribution in [2.24, 2.45) is 0 Å². The lowest BCUT2D eigenvalue weighted by Crippen LogP contribution is -2.52. The van der Waals surface area contributed by atoms with Gasteiger partial charge in [-0.25, -0.2) is 4.79 Å². The maximum atomic E-state index is 13.3. The molecule has 0 saturated carbocycles. The molecule has 178 valence electrons. The SMILES string of the molecule is COc1ccccc1N1CCN(C(=O)CN2C(=O)N[C@](C)(c3ccc4c(c3)CCC4)C2=O)CC1. The third kappa shape index (κ3) is 3.77. The number of carbonyl (C=O) groups excluding carboxylic acids is 3. The van der Waals surface area contributed by atoms with Gasteiger partial charge < -0.3 is 19.9 Å². The van der Waals surface area contributed by atoms with Gasteiger partial charge in [0.15, 0.2) is 0 Å². The molecule has 8 nitrogen and oxygen atoms in total. The van der Waals surface area contributed by atoms with E-state index in [1.807, 2.05) is 36.4 Å². The topological polar surface area (TPSA) is 82.2 Å². The van der Waals surface area contributed by atoms with Crippen LogP contribution in [0.1, 0.15) is 30.0 Å². The van der Waals surface area contributed by atoms with Crippen LogP contribution in [0.25, 0.3) is 0 Å². The number of aryl methyl sites for hydroxylation is 2. The number of ether oxygens (including phenoxy) is 1. The van der Waals surface area contributed by atoms with Crippen molar-refractivity contribution in [3.05, 3.63) is 59.2 Å². The van der Waals surface area contributed by atoms with Crippen LogP contribution in [0.2, 0.25) is 0 Å². The quantitative estimate of drug-likeness (QED) is 0.690. The Morgan fingerprint density at radius 3 is 2.53 bits per heavy atom. The first-order valence-corrected chi connectivity index (χ1v) is 11.8. The molecular weight excluding hydrogens is 432 g/mol. The summed E-state index contributed by atoms with van der Waals surface area (Å²) < 4.78 is 5.45. The molecule has 0 bridgehead atoms. The number of nitrogens with zero attached hydrogens (tertiary/aromatic N) is 3. The minimum absolute atomic E-state index is 0.221. The summed E-state index contributed by atoms with van der Waals surface area (Å²) in [7, 11) is 1.65. The Balaban J connectivity index is 1.24. The molecule has 1 N–H and O–H groups in total. The molecule has 1 atom stereocenters. The van der Waals surface area contributed by atoms with Gasteiger partial charge in [0.1, 0.15) is 17.8 Å². The maximum absolute atomic E-state index is 13.3. The lowest BCUT2D eigenvalue weighted by atomic mass is 9.89. The third-order valence-electron chi connectivity index (χ3n) is 7.30. The molecule has 0 spiro atoms. The molecule has 4 amide bonds. The highest BCUT2D eigenvalue weighted by molar-refractivity contribution is 6.09. The Labute approximate surface area is 199 Å². The van der Waals surface area contributed by atoms with Crippen LogP contribution in [-0.4, -0.2) is 67.5 Å². The number of nitrogens with one attached hydrogen (secondary N) is 1. The van der Waals surface area contributed by atoms with Crippen LogP contribution >= 0.6 is 0 Å².